The standard InChI is InChI=1S/C11H9NO3/c1-12-10(6-11(14)15-12)9-4-2-3-8(5-9)7-13/h2-7H,1H3. The SMILES string of the molecule is Cn1oc(=O)cc1-c1cccc(C=O)c1. The molecule has 0 saturated heterocycles. The number of benzene rings is 1. The smallest absolute Gasteiger partial charge is 0.336 e. The maximum atomic E-state index is 11.0. The highest BCUT2D eigenvalue weighted by Gasteiger charge is 2.06. The Labute approximate surface area is 85.7 Å². The van der Waals surface area contributed by atoms with Gasteiger partial charge in [0.25, 0.3) is 0 Å². The van der Waals surface area contributed by atoms with Gasteiger partial charge in [-0.1, -0.05) is 18.2 Å². The molecule has 1 aromatic heterocycles. The van der Waals surface area contributed by atoms with E-state index in [0.717, 1.165) is 11.8 Å². The van der Waals surface area contributed by atoms with Crippen LogP contribution < -0.4 is 5.63 Å². The zero-order valence-corrected chi connectivity index (χ0v) is 8.14. The van der Waals surface area contributed by atoms with Crippen molar-refractivity contribution in [2.24, 2.45) is 7.05 Å². The van der Waals surface area contributed by atoms with Gasteiger partial charge in [-0.3, -0.25) is 4.79 Å². The van der Waals surface area contributed by atoms with Crippen molar-refractivity contribution >= 4 is 6.29 Å². The molecule has 4 heteroatoms. The predicted molar refractivity (Wildman–Crippen MR) is 54.8 cm³/mol. The van der Waals surface area contributed by atoms with Crippen molar-refractivity contribution in [1.82, 2.24) is 4.74 Å². The predicted octanol–water partition coefficient (Wildman–Crippen LogP) is 1.46. The normalized spacial score (nSPS) is 10.2. The van der Waals surface area contributed by atoms with Crippen molar-refractivity contribution in [2.45, 2.75) is 0 Å². The number of carbonyl (C=O) groups is 1. The minimum absolute atomic E-state index is 0.399. The first-order chi connectivity index (χ1) is 7.20. The second kappa shape index (κ2) is 3.57. The van der Waals surface area contributed by atoms with Crippen LogP contribution in [0.25, 0.3) is 11.3 Å². The Morgan fingerprint density at radius 1 is 1.33 bits per heavy atom. The van der Waals surface area contributed by atoms with Crippen molar-refractivity contribution in [3.63, 3.8) is 0 Å². The molecule has 1 heterocycles. The molecule has 76 valence electrons. The second-order valence-corrected chi connectivity index (χ2v) is 3.18. The number of aldehydes is 1. The van der Waals surface area contributed by atoms with Crippen LogP contribution in [0.4, 0.5) is 0 Å². The summed E-state index contributed by atoms with van der Waals surface area (Å²) in [5, 5.41) is 0. The molecule has 0 atom stereocenters. The average Bonchev–Trinajstić information content (AvgIpc) is 2.58. The minimum atomic E-state index is -0.399. The van der Waals surface area contributed by atoms with E-state index in [0.29, 0.717) is 11.3 Å². The summed E-state index contributed by atoms with van der Waals surface area (Å²) in [4.78, 5) is 21.6. The van der Waals surface area contributed by atoms with Crippen molar-refractivity contribution < 1.29 is 9.32 Å². The Kier molecular flexibility index (Phi) is 2.25. The fourth-order valence-corrected chi connectivity index (χ4v) is 1.45. The largest absolute Gasteiger partial charge is 0.358 e. The first-order valence-electron chi connectivity index (χ1n) is 4.43. The molecule has 15 heavy (non-hydrogen) atoms. The zero-order valence-electron chi connectivity index (χ0n) is 8.14. The van der Waals surface area contributed by atoms with E-state index in [4.69, 9.17) is 4.52 Å². The highest BCUT2D eigenvalue weighted by atomic mass is 16.5. The summed E-state index contributed by atoms with van der Waals surface area (Å²) in [7, 11) is 1.64. The van der Waals surface area contributed by atoms with Gasteiger partial charge in [0.1, 0.15) is 6.29 Å². The number of hydrogen-bond donors (Lipinski definition) is 0. The summed E-state index contributed by atoms with van der Waals surface area (Å²) >= 11 is 0. The van der Waals surface area contributed by atoms with Crippen LogP contribution in [0.15, 0.2) is 39.6 Å². The van der Waals surface area contributed by atoms with Gasteiger partial charge in [-0.25, -0.2) is 9.53 Å². The van der Waals surface area contributed by atoms with E-state index in [1.54, 1.807) is 25.2 Å². The molecule has 0 saturated carbocycles. The molecule has 2 aromatic rings. The van der Waals surface area contributed by atoms with Crippen LogP contribution in [0.1, 0.15) is 10.4 Å². The van der Waals surface area contributed by atoms with E-state index in [9.17, 15) is 9.59 Å². The molecule has 1 aromatic carbocycles. The van der Waals surface area contributed by atoms with E-state index in [1.807, 2.05) is 6.07 Å². The van der Waals surface area contributed by atoms with Gasteiger partial charge in [-0.15, -0.1) is 0 Å². The van der Waals surface area contributed by atoms with E-state index >= 15 is 0 Å². The molecular formula is C11H9NO3. The van der Waals surface area contributed by atoms with Crippen LogP contribution in [-0.4, -0.2) is 11.0 Å². The minimum Gasteiger partial charge on any atom is -0.336 e. The van der Waals surface area contributed by atoms with Crippen LogP contribution in [0.5, 0.6) is 0 Å². The summed E-state index contributed by atoms with van der Waals surface area (Å²) < 4.78 is 6.20. The Morgan fingerprint density at radius 3 is 2.73 bits per heavy atom. The van der Waals surface area contributed by atoms with E-state index in [1.165, 1.54) is 10.8 Å². The number of nitrogens with zero attached hydrogens (tertiary/aromatic N) is 1. The summed E-state index contributed by atoms with van der Waals surface area (Å²) in [6.07, 6.45) is 0.766. The molecular weight excluding hydrogens is 194 g/mol. The van der Waals surface area contributed by atoms with Crippen LogP contribution in [-0.2, 0) is 7.05 Å². The lowest BCUT2D eigenvalue weighted by Gasteiger charge is -2.00. The first kappa shape index (κ1) is 9.45. The summed E-state index contributed by atoms with van der Waals surface area (Å²) in [6, 6.07) is 8.38. The van der Waals surface area contributed by atoms with E-state index in [2.05, 4.69) is 0 Å². The molecule has 0 aliphatic carbocycles. The summed E-state index contributed by atoms with van der Waals surface area (Å²) in [5.41, 5.74) is 1.61. The third-order valence-corrected chi connectivity index (χ3v) is 2.14. The molecule has 0 unspecified atom stereocenters. The Hall–Kier alpha value is -2.10. The highest BCUT2D eigenvalue weighted by Crippen LogP contribution is 2.17. The van der Waals surface area contributed by atoms with Crippen LogP contribution in [0.3, 0.4) is 0 Å². The Morgan fingerprint density at radius 2 is 2.13 bits per heavy atom. The van der Waals surface area contributed by atoms with Gasteiger partial charge in [0.05, 0.1) is 11.8 Å². The fraction of sp³-hybridized carbons (Fsp3) is 0.0909. The van der Waals surface area contributed by atoms with Gasteiger partial charge < -0.3 is 4.52 Å². The maximum absolute atomic E-state index is 11.0. The van der Waals surface area contributed by atoms with Gasteiger partial charge >= 0.3 is 5.63 Å². The Bertz CT molecular complexity index is 551. The second-order valence-electron chi connectivity index (χ2n) is 3.18. The number of aromatic nitrogens is 1. The van der Waals surface area contributed by atoms with Gasteiger partial charge in [-0.05, 0) is 6.07 Å². The highest BCUT2D eigenvalue weighted by molar-refractivity contribution is 5.78. The van der Waals surface area contributed by atoms with Crippen molar-refractivity contribution in [2.75, 3.05) is 0 Å². The number of carbonyl (C=O) groups excluding carboxylic acids is 1. The van der Waals surface area contributed by atoms with E-state index in [-0.39, 0.29) is 0 Å². The molecule has 0 aliphatic heterocycles. The third-order valence-electron chi connectivity index (χ3n) is 2.14. The lowest BCUT2D eigenvalue weighted by Crippen LogP contribution is -1.91. The van der Waals surface area contributed by atoms with Gasteiger partial charge in [-0.2, -0.15) is 0 Å². The summed E-state index contributed by atoms with van der Waals surface area (Å²) in [5.74, 6) is 0. The molecule has 2 rings (SSSR count). The lowest BCUT2D eigenvalue weighted by molar-refractivity contribution is 0.112. The molecule has 0 amide bonds. The number of rotatable bonds is 2. The van der Waals surface area contributed by atoms with Gasteiger partial charge in [0.2, 0.25) is 0 Å². The lowest BCUT2D eigenvalue weighted by atomic mass is 10.1. The van der Waals surface area contributed by atoms with E-state index < -0.39 is 5.63 Å². The molecule has 0 spiro atoms. The van der Waals surface area contributed by atoms with Gasteiger partial charge in [0, 0.05) is 18.2 Å². The van der Waals surface area contributed by atoms with Crippen LogP contribution in [0.2, 0.25) is 0 Å². The van der Waals surface area contributed by atoms with Crippen LogP contribution in [0, 0.1) is 0 Å². The number of aryl methyl sites for hydroxylation is 1. The Balaban J connectivity index is 2.58. The van der Waals surface area contributed by atoms with Crippen molar-refractivity contribution in [1.29, 1.82) is 0 Å². The average molecular weight is 203 g/mol. The van der Waals surface area contributed by atoms with Crippen molar-refractivity contribution in [3.05, 3.63) is 46.3 Å². The molecule has 0 N–H and O–H groups in total. The molecule has 0 fully saturated rings. The van der Waals surface area contributed by atoms with Crippen molar-refractivity contribution in [3.8, 4) is 11.3 Å². The quantitative estimate of drug-likeness (QED) is 0.694. The maximum Gasteiger partial charge on any atom is 0.358 e. The fourth-order valence-electron chi connectivity index (χ4n) is 1.45. The zero-order chi connectivity index (χ0) is 10.8. The monoisotopic (exact) mass is 203 g/mol. The topological polar surface area (TPSA) is 52.2 Å². The first-order valence-corrected chi connectivity index (χ1v) is 4.43. The third kappa shape index (κ3) is 1.74. The number of hydrogen-bond acceptors (Lipinski definition) is 3. The van der Waals surface area contributed by atoms with Gasteiger partial charge in [0.15, 0.2) is 0 Å². The summed E-state index contributed by atoms with van der Waals surface area (Å²) in [6.45, 7) is 0. The molecule has 4 nitrogen and oxygen atoms in total. The molecule has 0 radical (unpaired) electrons. The van der Waals surface area contributed by atoms with Crippen LogP contribution >= 0.6 is 0 Å². The molecule has 0 bridgehead atoms. The molecule has 0 aliphatic rings.